The van der Waals surface area contributed by atoms with E-state index in [0.29, 0.717) is 5.69 Å². The van der Waals surface area contributed by atoms with Crippen molar-refractivity contribution in [3.05, 3.63) is 52.3 Å². The highest BCUT2D eigenvalue weighted by atomic mass is 35.5. The van der Waals surface area contributed by atoms with Crippen molar-refractivity contribution in [1.29, 1.82) is 0 Å². The summed E-state index contributed by atoms with van der Waals surface area (Å²) in [4.78, 5) is -0.372. The third kappa shape index (κ3) is 3.40. The van der Waals surface area contributed by atoms with Crippen LogP contribution in [0.2, 0.25) is 10.0 Å². The van der Waals surface area contributed by atoms with Crippen LogP contribution in [0.15, 0.2) is 41.3 Å². The Bertz CT molecular complexity index is 764. The van der Waals surface area contributed by atoms with Crippen molar-refractivity contribution in [2.75, 3.05) is 17.1 Å². The van der Waals surface area contributed by atoms with E-state index in [0.717, 1.165) is 17.8 Å². The molecule has 4 nitrogen and oxygen atoms in total. The Morgan fingerprint density at radius 1 is 1.00 bits per heavy atom. The van der Waals surface area contributed by atoms with Gasteiger partial charge in [-0.25, -0.2) is 12.8 Å². The minimum absolute atomic E-state index is 0.239. The second-order valence-electron chi connectivity index (χ2n) is 4.11. The number of halogens is 3. The Labute approximate surface area is 131 Å². The summed E-state index contributed by atoms with van der Waals surface area (Å²) in [7, 11) is -2.26. The molecule has 2 aromatic rings. The number of nitrogens with one attached hydrogen (secondary N) is 2. The molecular weight excluding hydrogens is 338 g/mol. The molecule has 0 heterocycles. The summed E-state index contributed by atoms with van der Waals surface area (Å²) in [5.41, 5.74) is 1.16. The van der Waals surface area contributed by atoms with E-state index in [4.69, 9.17) is 23.2 Å². The largest absolute Gasteiger partial charge is 0.388 e. The van der Waals surface area contributed by atoms with Crippen LogP contribution in [0.1, 0.15) is 0 Å². The predicted octanol–water partition coefficient (Wildman–Crippen LogP) is 3.98. The minimum atomic E-state index is -4.00. The van der Waals surface area contributed by atoms with Crippen LogP contribution in [-0.2, 0) is 10.0 Å². The Kier molecular flexibility index (Phi) is 4.61. The third-order valence-corrected chi connectivity index (χ3v) is 4.91. The molecule has 0 aliphatic heterocycles. The Balaban J connectivity index is 2.36. The normalized spacial score (nSPS) is 11.2. The maximum absolute atomic E-state index is 13.6. The zero-order chi connectivity index (χ0) is 15.6. The van der Waals surface area contributed by atoms with Gasteiger partial charge in [-0.15, -0.1) is 0 Å². The SMILES string of the molecule is CNc1ccc(NS(=O)(=O)c2ccc(Cl)c(F)c2Cl)cc1. The van der Waals surface area contributed by atoms with E-state index in [2.05, 4.69) is 10.0 Å². The van der Waals surface area contributed by atoms with Crippen LogP contribution >= 0.6 is 23.2 Å². The molecule has 112 valence electrons. The highest BCUT2D eigenvalue weighted by Crippen LogP contribution is 2.30. The molecule has 0 fully saturated rings. The average Bonchev–Trinajstić information content (AvgIpc) is 2.45. The van der Waals surface area contributed by atoms with E-state index in [-0.39, 0.29) is 9.92 Å². The fourth-order valence-corrected chi connectivity index (χ4v) is 3.44. The first-order valence-corrected chi connectivity index (χ1v) is 8.03. The van der Waals surface area contributed by atoms with E-state index < -0.39 is 20.9 Å². The van der Waals surface area contributed by atoms with Crippen LogP contribution in [0.3, 0.4) is 0 Å². The number of hydrogen-bond donors (Lipinski definition) is 2. The minimum Gasteiger partial charge on any atom is -0.388 e. The summed E-state index contributed by atoms with van der Waals surface area (Å²) in [6.07, 6.45) is 0. The van der Waals surface area contributed by atoms with Gasteiger partial charge in [0.25, 0.3) is 10.0 Å². The molecule has 0 radical (unpaired) electrons. The van der Waals surface area contributed by atoms with E-state index in [9.17, 15) is 12.8 Å². The van der Waals surface area contributed by atoms with Crippen LogP contribution < -0.4 is 10.0 Å². The van der Waals surface area contributed by atoms with Gasteiger partial charge in [-0.3, -0.25) is 4.72 Å². The molecule has 2 rings (SSSR count). The van der Waals surface area contributed by atoms with Crippen molar-refractivity contribution in [2.24, 2.45) is 0 Å². The van der Waals surface area contributed by atoms with Crippen molar-refractivity contribution in [3.63, 3.8) is 0 Å². The van der Waals surface area contributed by atoms with Crippen molar-refractivity contribution < 1.29 is 12.8 Å². The Morgan fingerprint density at radius 2 is 1.57 bits per heavy atom. The van der Waals surface area contributed by atoms with Gasteiger partial charge in [-0.2, -0.15) is 0 Å². The van der Waals surface area contributed by atoms with Crippen LogP contribution in [-0.4, -0.2) is 15.5 Å². The van der Waals surface area contributed by atoms with E-state index in [1.165, 1.54) is 0 Å². The number of anilines is 2. The molecule has 8 heteroatoms. The maximum atomic E-state index is 13.6. The number of hydrogen-bond acceptors (Lipinski definition) is 3. The van der Waals surface area contributed by atoms with Crippen molar-refractivity contribution in [1.82, 2.24) is 0 Å². The molecule has 0 bridgehead atoms. The highest BCUT2D eigenvalue weighted by Gasteiger charge is 2.22. The predicted molar refractivity (Wildman–Crippen MR) is 83.2 cm³/mol. The molecule has 0 saturated carbocycles. The van der Waals surface area contributed by atoms with Gasteiger partial charge in [0.15, 0.2) is 5.82 Å². The van der Waals surface area contributed by atoms with Gasteiger partial charge >= 0.3 is 0 Å². The molecule has 0 spiro atoms. The summed E-state index contributed by atoms with van der Waals surface area (Å²) < 4.78 is 40.4. The summed E-state index contributed by atoms with van der Waals surface area (Å²) in [6, 6.07) is 8.83. The lowest BCUT2D eigenvalue weighted by Gasteiger charge is -2.11. The Morgan fingerprint density at radius 3 is 2.14 bits per heavy atom. The molecule has 0 aliphatic rings. The summed E-state index contributed by atoms with van der Waals surface area (Å²) in [5, 5.41) is 2.13. The second-order valence-corrected chi connectivity index (χ2v) is 6.54. The third-order valence-electron chi connectivity index (χ3n) is 2.72. The smallest absolute Gasteiger partial charge is 0.263 e. The molecule has 0 aromatic heterocycles. The molecular formula is C13H11Cl2FN2O2S. The fourth-order valence-electron chi connectivity index (χ4n) is 1.63. The topological polar surface area (TPSA) is 58.2 Å². The first kappa shape index (κ1) is 15.9. The quantitative estimate of drug-likeness (QED) is 0.821. The van der Waals surface area contributed by atoms with Crippen molar-refractivity contribution >= 4 is 44.6 Å². The lowest BCUT2D eigenvalue weighted by atomic mass is 10.3. The van der Waals surface area contributed by atoms with Gasteiger partial charge in [0.05, 0.1) is 10.0 Å². The van der Waals surface area contributed by atoms with Crippen LogP contribution in [0.5, 0.6) is 0 Å². The number of benzene rings is 2. The standard InChI is InChI=1S/C13H11Cl2FN2O2S/c1-17-8-2-4-9(5-3-8)18-21(19,20)11-7-6-10(14)13(16)12(11)15/h2-7,17-18H,1H3. The molecule has 0 atom stereocenters. The lowest BCUT2D eigenvalue weighted by Crippen LogP contribution is -2.14. The molecule has 0 unspecified atom stereocenters. The number of rotatable bonds is 4. The molecule has 21 heavy (non-hydrogen) atoms. The first-order chi connectivity index (χ1) is 9.85. The molecule has 0 saturated heterocycles. The Hall–Kier alpha value is -1.50. The van der Waals surface area contributed by atoms with Gasteiger partial charge in [-0.05, 0) is 36.4 Å². The van der Waals surface area contributed by atoms with Gasteiger partial charge in [-0.1, -0.05) is 23.2 Å². The monoisotopic (exact) mass is 348 g/mol. The highest BCUT2D eigenvalue weighted by molar-refractivity contribution is 7.92. The lowest BCUT2D eigenvalue weighted by molar-refractivity contribution is 0.595. The van der Waals surface area contributed by atoms with Gasteiger partial charge < -0.3 is 5.32 Å². The van der Waals surface area contributed by atoms with Gasteiger partial charge in [0, 0.05) is 18.4 Å². The van der Waals surface area contributed by atoms with E-state index in [1.807, 2.05) is 0 Å². The zero-order valence-corrected chi connectivity index (χ0v) is 13.2. The zero-order valence-electron chi connectivity index (χ0n) is 10.8. The van der Waals surface area contributed by atoms with Crippen LogP contribution in [0.25, 0.3) is 0 Å². The van der Waals surface area contributed by atoms with Gasteiger partial charge in [0.1, 0.15) is 4.90 Å². The molecule has 2 aromatic carbocycles. The van der Waals surface area contributed by atoms with Crippen LogP contribution in [0, 0.1) is 5.82 Å². The molecule has 0 aliphatic carbocycles. The van der Waals surface area contributed by atoms with Crippen molar-refractivity contribution in [2.45, 2.75) is 4.90 Å². The second kappa shape index (κ2) is 6.09. The summed E-state index contributed by atoms with van der Waals surface area (Å²) in [5.74, 6) is -0.966. The van der Waals surface area contributed by atoms with Crippen LogP contribution in [0.4, 0.5) is 15.8 Å². The fraction of sp³-hybridized carbons (Fsp3) is 0.0769. The maximum Gasteiger partial charge on any atom is 0.263 e. The summed E-state index contributed by atoms with van der Waals surface area (Å²) >= 11 is 11.3. The summed E-state index contributed by atoms with van der Waals surface area (Å²) in [6.45, 7) is 0. The number of sulfonamides is 1. The average molecular weight is 349 g/mol. The van der Waals surface area contributed by atoms with Crippen molar-refractivity contribution in [3.8, 4) is 0 Å². The van der Waals surface area contributed by atoms with E-state index >= 15 is 0 Å². The molecule has 0 amide bonds. The first-order valence-electron chi connectivity index (χ1n) is 5.79. The van der Waals surface area contributed by atoms with Gasteiger partial charge in [0.2, 0.25) is 0 Å². The van der Waals surface area contributed by atoms with E-state index in [1.54, 1.807) is 31.3 Å². The molecule has 2 N–H and O–H groups in total.